The summed E-state index contributed by atoms with van der Waals surface area (Å²) in [5.41, 5.74) is 0.401. The summed E-state index contributed by atoms with van der Waals surface area (Å²) in [4.78, 5) is 14.9. The van der Waals surface area contributed by atoms with Gasteiger partial charge in [0.2, 0.25) is 5.91 Å². The molecule has 3 aliphatic rings. The van der Waals surface area contributed by atoms with E-state index in [9.17, 15) is 4.79 Å². The molecule has 3 fully saturated rings. The molecule has 3 heteroatoms. The highest BCUT2D eigenvalue weighted by molar-refractivity contribution is 5.83. The molecule has 0 bridgehead atoms. The number of nitrogens with zero attached hydrogens (tertiary/aromatic N) is 1. The molecular formula is C15H26N2O. The van der Waals surface area contributed by atoms with Crippen LogP contribution in [0.2, 0.25) is 0 Å². The summed E-state index contributed by atoms with van der Waals surface area (Å²) >= 11 is 0. The lowest BCUT2D eigenvalue weighted by molar-refractivity contribution is -0.137. The van der Waals surface area contributed by atoms with Gasteiger partial charge >= 0.3 is 0 Å². The summed E-state index contributed by atoms with van der Waals surface area (Å²) < 4.78 is 0. The minimum absolute atomic E-state index is 0.367. The molecule has 102 valence electrons. The Morgan fingerprint density at radius 1 is 1.33 bits per heavy atom. The van der Waals surface area contributed by atoms with E-state index in [-0.39, 0.29) is 0 Å². The highest BCUT2D eigenvalue weighted by Gasteiger charge is 2.58. The van der Waals surface area contributed by atoms with Crippen LogP contribution in [0.1, 0.15) is 51.9 Å². The van der Waals surface area contributed by atoms with E-state index in [0.717, 1.165) is 26.1 Å². The maximum Gasteiger partial charge on any atom is 0.226 e. The van der Waals surface area contributed by atoms with Gasteiger partial charge in [0.15, 0.2) is 0 Å². The number of hydrogen-bond donors (Lipinski definition) is 1. The first-order valence-electron chi connectivity index (χ1n) is 7.78. The van der Waals surface area contributed by atoms with Crippen LogP contribution in [0.25, 0.3) is 0 Å². The standard InChI is InChI=1S/C15H26N2O/c1-2-12-5-3-4-10-17(12)14(18)13-11-15(13)6-8-16-9-7-15/h12-13,16H,2-11H2,1H3. The fraction of sp³-hybridized carbons (Fsp3) is 0.933. The van der Waals surface area contributed by atoms with Crippen LogP contribution in [0, 0.1) is 11.3 Å². The molecule has 3 rings (SSSR count). The Morgan fingerprint density at radius 2 is 2.11 bits per heavy atom. The van der Waals surface area contributed by atoms with Crippen LogP contribution in [0.15, 0.2) is 0 Å². The zero-order valence-electron chi connectivity index (χ0n) is 11.6. The summed E-state index contributed by atoms with van der Waals surface area (Å²) in [7, 11) is 0. The van der Waals surface area contributed by atoms with Gasteiger partial charge in [-0.25, -0.2) is 0 Å². The lowest BCUT2D eigenvalue weighted by atomic mass is 9.90. The molecule has 2 saturated heterocycles. The third-order valence-corrected chi connectivity index (χ3v) is 5.47. The fourth-order valence-corrected chi connectivity index (χ4v) is 4.09. The SMILES string of the molecule is CCC1CCCCN1C(=O)C1CC12CCNCC2. The van der Waals surface area contributed by atoms with Gasteiger partial charge < -0.3 is 10.2 Å². The van der Waals surface area contributed by atoms with Crippen molar-refractivity contribution in [1.29, 1.82) is 0 Å². The van der Waals surface area contributed by atoms with Crippen molar-refractivity contribution in [2.45, 2.75) is 57.9 Å². The third kappa shape index (κ3) is 2.07. The maximum absolute atomic E-state index is 12.7. The van der Waals surface area contributed by atoms with E-state index in [4.69, 9.17) is 0 Å². The third-order valence-electron chi connectivity index (χ3n) is 5.47. The Bertz CT molecular complexity index is 322. The van der Waals surface area contributed by atoms with Gasteiger partial charge in [-0.2, -0.15) is 0 Å². The Morgan fingerprint density at radius 3 is 2.83 bits per heavy atom. The molecule has 0 aromatic carbocycles. The summed E-state index contributed by atoms with van der Waals surface area (Å²) in [6, 6.07) is 0.533. The van der Waals surface area contributed by atoms with Crippen molar-refractivity contribution in [1.82, 2.24) is 10.2 Å². The van der Waals surface area contributed by atoms with Crippen molar-refractivity contribution in [2.24, 2.45) is 11.3 Å². The smallest absolute Gasteiger partial charge is 0.226 e. The number of amides is 1. The van der Waals surface area contributed by atoms with Crippen molar-refractivity contribution in [3.05, 3.63) is 0 Å². The fourth-order valence-electron chi connectivity index (χ4n) is 4.09. The van der Waals surface area contributed by atoms with Gasteiger partial charge in [-0.05, 0) is 63.5 Å². The minimum Gasteiger partial charge on any atom is -0.339 e. The van der Waals surface area contributed by atoms with Crippen molar-refractivity contribution in [2.75, 3.05) is 19.6 Å². The molecule has 2 aliphatic heterocycles. The first-order chi connectivity index (χ1) is 8.77. The van der Waals surface area contributed by atoms with Crippen LogP contribution in [0.3, 0.4) is 0 Å². The van der Waals surface area contributed by atoms with Crippen LogP contribution in [-0.4, -0.2) is 36.5 Å². The van der Waals surface area contributed by atoms with Crippen LogP contribution < -0.4 is 5.32 Å². The number of piperidine rings is 2. The average Bonchev–Trinajstić information content (AvgIpc) is 3.12. The highest BCUT2D eigenvalue weighted by Crippen LogP contribution is 2.59. The lowest BCUT2D eigenvalue weighted by Gasteiger charge is -2.36. The first-order valence-corrected chi connectivity index (χ1v) is 7.78. The van der Waals surface area contributed by atoms with E-state index < -0.39 is 0 Å². The predicted molar refractivity (Wildman–Crippen MR) is 72.3 cm³/mol. The van der Waals surface area contributed by atoms with Gasteiger partial charge in [-0.3, -0.25) is 4.79 Å². The quantitative estimate of drug-likeness (QED) is 0.814. The zero-order valence-corrected chi connectivity index (χ0v) is 11.6. The number of hydrogen-bond acceptors (Lipinski definition) is 2. The topological polar surface area (TPSA) is 32.3 Å². The number of carbonyl (C=O) groups is 1. The molecule has 0 aromatic heterocycles. The highest BCUT2D eigenvalue weighted by atomic mass is 16.2. The largest absolute Gasteiger partial charge is 0.339 e. The molecule has 2 heterocycles. The van der Waals surface area contributed by atoms with Crippen molar-refractivity contribution in [3.63, 3.8) is 0 Å². The molecule has 1 spiro atoms. The summed E-state index contributed by atoms with van der Waals surface area (Å²) in [5.74, 6) is 0.857. The molecule has 1 saturated carbocycles. The molecule has 3 nitrogen and oxygen atoms in total. The number of carbonyl (C=O) groups excluding carboxylic acids is 1. The molecule has 18 heavy (non-hydrogen) atoms. The van der Waals surface area contributed by atoms with Gasteiger partial charge in [-0.15, -0.1) is 0 Å². The molecule has 2 atom stereocenters. The summed E-state index contributed by atoms with van der Waals surface area (Å²) in [6.45, 7) is 5.47. The number of nitrogens with one attached hydrogen (secondary N) is 1. The van der Waals surface area contributed by atoms with Gasteiger partial charge in [-0.1, -0.05) is 6.92 Å². The summed E-state index contributed by atoms with van der Waals surface area (Å²) in [5, 5.41) is 3.41. The van der Waals surface area contributed by atoms with E-state index in [1.54, 1.807) is 0 Å². The van der Waals surface area contributed by atoms with Crippen molar-refractivity contribution in [3.8, 4) is 0 Å². The zero-order chi connectivity index (χ0) is 12.6. The molecule has 1 aliphatic carbocycles. The maximum atomic E-state index is 12.7. The molecule has 0 radical (unpaired) electrons. The van der Waals surface area contributed by atoms with E-state index in [1.807, 2.05) is 0 Å². The second-order valence-electron chi connectivity index (χ2n) is 6.46. The van der Waals surface area contributed by atoms with E-state index in [1.165, 1.54) is 38.5 Å². The van der Waals surface area contributed by atoms with Crippen LogP contribution >= 0.6 is 0 Å². The second-order valence-corrected chi connectivity index (χ2v) is 6.46. The van der Waals surface area contributed by atoms with Gasteiger partial charge in [0, 0.05) is 18.5 Å². The van der Waals surface area contributed by atoms with Crippen LogP contribution in [0.5, 0.6) is 0 Å². The molecule has 0 aromatic rings. The normalized spacial score (nSPS) is 34.6. The first kappa shape index (κ1) is 12.5. The Kier molecular flexibility index (Phi) is 3.35. The van der Waals surface area contributed by atoms with Gasteiger partial charge in [0.05, 0.1) is 0 Å². The number of rotatable bonds is 2. The van der Waals surface area contributed by atoms with Gasteiger partial charge in [0.25, 0.3) is 0 Å². The Balaban J connectivity index is 1.64. The monoisotopic (exact) mass is 250 g/mol. The predicted octanol–water partition coefficient (Wildman–Crippen LogP) is 2.17. The van der Waals surface area contributed by atoms with Crippen molar-refractivity contribution < 1.29 is 4.79 Å². The summed E-state index contributed by atoms with van der Waals surface area (Å²) in [6.07, 6.45) is 8.48. The molecule has 1 N–H and O–H groups in total. The van der Waals surface area contributed by atoms with Crippen LogP contribution in [-0.2, 0) is 4.79 Å². The Hall–Kier alpha value is -0.570. The lowest BCUT2D eigenvalue weighted by Crippen LogP contribution is -2.45. The average molecular weight is 250 g/mol. The van der Waals surface area contributed by atoms with E-state index in [0.29, 0.717) is 23.3 Å². The van der Waals surface area contributed by atoms with Gasteiger partial charge in [0.1, 0.15) is 0 Å². The van der Waals surface area contributed by atoms with E-state index in [2.05, 4.69) is 17.1 Å². The molecule has 1 amide bonds. The van der Waals surface area contributed by atoms with Crippen LogP contribution in [0.4, 0.5) is 0 Å². The van der Waals surface area contributed by atoms with E-state index >= 15 is 0 Å². The number of likely N-dealkylation sites (tertiary alicyclic amines) is 1. The van der Waals surface area contributed by atoms with Crippen molar-refractivity contribution >= 4 is 5.91 Å². The molecular weight excluding hydrogens is 224 g/mol. The Labute approximate surface area is 110 Å². The molecule has 2 unspecified atom stereocenters. The minimum atomic E-state index is 0.367. The second kappa shape index (κ2) is 4.84.